The van der Waals surface area contributed by atoms with Gasteiger partial charge >= 0.3 is 5.97 Å². The molecule has 1 rings (SSSR count). The first-order chi connectivity index (χ1) is 8.50. The van der Waals surface area contributed by atoms with Gasteiger partial charge in [0.15, 0.2) is 0 Å². The van der Waals surface area contributed by atoms with Crippen LogP contribution in [-0.2, 0) is 16.1 Å². The van der Waals surface area contributed by atoms with Gasteiger partial charge in [-0.2, -0.15) is 5.10 Å². The molecule has 0 radical (unpaired) electrons. The second-order valence-electron chi connectivity index (χ2n) is 4.51. The molecule has 0 saturated carbocycles. The summed E-state index contributed by atoms with van der Waals surface area (Å²) in [5.74, 6) is -1.58. The third kappa shape index (κ3) is 4.57. The second-order valence-corrected chi connectivity index (χ2v) is 4.51. The van der Waals surface area contributed by atoms with E-state index < -0.39 is 11.9 Å². The quantitative estimate of drug-likeness (QED) is 0.751. The molecule has 0 aromatic carbocycles. The molecular weight excluding hydrogens is 234 g/mol. The molecule has 1 aromatic heterocycles. The molecule has 0 saturated heterocycles. The molecule has 1 heterocycles. The van der Waals surface area contributed by atoms with Crippen LogP contribution >= 0.6 is 0 Å². The van der Waals surface area contributed by atoms with Crippen LogP contribution in [0, 0.1) is 11.8 Å². The van der Waals surface area contributed by atoms with Crippen LogP contribution < -0.4 is 5.32 Å². The molecule has 1 atom stereocenters. The van der Waals surface area contributed by atoms with Gasteiger partial charge in [0, 0.05) is 31.9 Å². The lowest BCUT2D eigenvalue weighted by atomic mass is 9.96. The monoisotopic (exact) mass is 253 g/mol. The summed E-state index contributed by atoms with van der Waals surface area (Å²) in [6.45, 7) is 4.33. The number of aromatic nitrogens is 2. The first-order valence-corrected chi connectivity index (χ1v) is 5.97. The minimum absolute atomic E-state index is 0.00563. The van der Waals surface area contributed by atoms with Crippen molar-refractivity contribution in [3.8, 4) is 0 Å². The number of carboxylic acid groups (broad SMARTS) is 1. The maximum atomic E-state index is 11.5. The van der Waals surface area contributed by atoms with Gasteiger partial charge in [0.25, 0.3) is 0 Å². The van der Waals surface area contributed by atoms with E-state index in [9.17, 15) is 9.59 Å². The van der Waals surface area contributed by atoms with E-state index in [1.54, 1.807) is 23.1 Å². The zero-order valence-corrected chi connectivity index (χ0v) is 10.7. The summed E-state index contributed by atoms with van der Waals surface area (Å²) in [5, 5.41) is 15.6. The average molecular weight is 253 g/mol. The van der Waals surface area contributed by atoms with E-state index in [1.165, 1.54) is 0 Å². The van der Waals surface area contributed by atoms with Crippen LogP contribution in [0.1, 0.15) is 20.3 Å². The van der Waals surface area contributed by atoms with Gasteiger partial charge in [0.1, 0.15) is 0 Å². The van der Waals surface area contributed by atoms with E-state index in [2.05, 4.69) is 10.4 Å². The number of carbonyl (C=O) groups excluding carboxylic acids is 1. The number of carboxylic acids is 1. The Balaban J connectivity index is 2.29. The number of amides is 1. The Morgan fingerprint density at radius 2 is 2.17 bits per heavy atom. The smallest absolute Gasteiger partial charge is 0.308 e. The molecule has 0 fully saturated rings. The zero-order chi connectivity index (χ0) is 13.5. The van der Waals surface area contributed by atoms with E-state index in [0.29, 0.717) is 13.0 Å². The van der Waals surface area contributed by atoms with E-state index in [1.807, 2.05) is 13.8 Å². The Labute approximate surface area is 106 Å². The van der Waals surface area contributed by atoms with Crippen LogP contribution in [0.3, 0.4) is 0 Å². The number of nitrogens with zero attached hydrogens (tertiary/aromatic N) is 2. The molecule has 1 aromatic rings. The van der Waals surface area contributed by atoms with Crippen LogP contribution in [-0.4, -0.2) is 33.3 Å². The van der Waals surface area contributed by atoms with Crippen molar-refractivity contribution < 1.29 is 14.7 Å². The lowest BCUT2D eigenvalue weighted by Gasteiger charge is -2.16. The molecule has 100 valence electrons. The highest BCUT2D eigenvalue weighted by Gasteiger charge is 2.21. The van der Waals surface area contributed by atoms with Gasteiger partial charge in [-0.3, -0.25) is 14.3 Å². The Morgan fingerprint density at radius 3 is 2.67 bits per heavy atom. The van der Waals surface area contributed by atoms with Crippen LogP contribution in [0.25, 0.3) is 0 Å². The van der Waals surface area contributed by atoms with Gasteiger partial charge in [0.05, 0.1) is 5.92 Å². The van der Waals surface area contributed by atoms with Gasteiger partial charge in [-0.1, -0.05) is 13.8 Å². The third-order valence-electron chi connectivity index (χ3n) is 2.77. The van der Waals surface area contributed by atoms with Crippen LogP contribution in [0.4, 0.5) is 0 Å². The molecule has 6 heteroatoms. The summed E-state index contributed by atoms with van der Waals surface area (Å²) < 4.78 is 1.66. The van der Waals surface area contributed by atoms with Crippen molar-refractivity contribution in [1.82, 2.24) is 15.1 Å². The van der Waals surface area contributed by atoms with Crippen molar-refractivity contribution >= 4 is 11.9 Å². The fourth-order valence-corrected chi connectivity index (χ4v) is 1.57. The molecule has 18 heavy (non-hydrogen) atoms. The summed E-state index contributed by atoms with van der Waals surface area (Å²) in [5.41, 5.74) is 0. The fourth-order valence-electron chi connectivity index (χ4n) is 1.57. The fraction of sp³-hybridized carbons (Fsp3) is 0.583. The lowest BCUT2D eigenvalue weighted by molar-refractivity contribution is -0.143. The largest absolute Gasteiger partial charge is 0.481 e. The third-order valence-corrected chi connectivity index (χ3v) is 2.77. The van der Waals surface area contributed by atoms with Crippen LogP contribution in [0.15, 0.2) is 18.5 Å². The molecular formula is C12H19N3O3. The van der Waals surface area contributed by atoms with Gasteiger partial charge in [-0.25, -0.2) is 0 Å². The van der Waals surface area contributed by atoms with E-state index >= 15 is 0 Å². The number of carbonyl (C=O) groups is 2. The van der Waals surface area contributed by atoms with Crippen molar-refractivity contribution in [1.29, 1.82) is 0 Å². The molecule has 0 aliphatic heterocycles. The van der Waals surface area contributed by atoms with Crippen molar-refractivity contribution in [3.63, 3.8) is 0 Å². The lowest BCUT2D eigenvalue weighted by Crippen LogP contribution is -2.35. The highest BCUT2D eigenvalue weighted by atomic mass is 16.4. The Bertz CT molecular complexity index is 387. The number of nitrogens with one attached hydrogen (secondary N) is 1. The molecule has 0 aliphatic rings. The molecule has 1 amide bonds. The maximum Gasteiger partial charge on any atom is 0.308 e. The zero-order valence-electron chi connectivity index (χ0n) is 10.7. The summed E-state index contributed by atoms with van der Waals surface area (Å²) in [4.78, 5) is 22.5. The normalized spacial score (nSPS) is 12.4. The number of hydrogen-bond acceptors (Lipinski definition) is 3. The predicted octanol–water partition coefficient (Wildman–Crippen LogP) is 0.746. The number of hydrogen-bond donors (Lipinski definition) is 2. The molecule has 6 nitrogen and oxygen atoms in total. The van der Waals surface area contributed by atoms with Crippen molar-refractivity contribution in [3.05, 3.63) is 18.5 Å². The average Bonchev–Trinajstić information content (AvgIpc) is 2.78. The van der Waals surface area contributed by atoms with Gasteiger partial charge < -0.3 is 10.4 Å². The SMILES string of the molecule is CC(C)C(CNC(=O)CCn1cccn1)C(=O)O. The molecule has 1 unspecified atom stereocenters. The van der Waals surface area contributed by atoms with E-state index in [4.69, 9.17) is 5.11 Å². The minimum atomic E-state index is -0.877. The number of aliphatic carboxylic acids is 1. The Hall–Kier alpha value is -1.85. The molecule has 0 aliphatic carbocycles. The second kappa shape index (κ2) is 6.78. The highest BCUT2D eigenvalue weighted by Crippen LogP contribution is 2.09. The predicted molar refractivity (Wildman–Crippen MR) is 65.8 cm³/mol. The molecule has 0 spiro atoms. The van der Waals surface area contributed by atoms with Crippen molar-refractivity contribution in [2.24, 2.45) is 11.8 Å². The summed E-state index contributed by atoms with van der Waals surface area (Å²) in [6.07, 6.45) is 3.73. The van der Waals surface area contributed by atoms with Crippen LogP contribution in [0.2, 0.25) is 0 Å². The summed E-state index contributed by atoms with van der Waals surface area (Å²) >= 11 is 0. The maximum absolute atomic E-state index is 11.5. The minimum Gasteiger partial charge on any atom is -0.481 e. The van der Waals surface area contributed by atoms with Gasteiger partial charge in [-0.05, 0) is 12.0 Å². The first kappa shape index (κ1) is 14.2. The van der Waals surface area contributed by atoms with Crippen molar-refractivity contribution in [2.45, 2.75) is 26.8 Å². The molecule has 2 N–H and O–H groups in total. The first-order valence-electron chi connectivity index (χ1n) is 5.97. The number of rotatable bonds is 7. The number of aryl methyl sites for hydroxylation is 1. The topological polar surface area (TPSA) is 84.2 Å². The standard InChI is InChI=1S/C12H19N3O3/c1-9(2)10(12(17)18)8-13-11(16)4-7-15-6-3-5-14-15/h3,5-6,9-10H,4,7-8H2,1-2H3,(H,13,16)(H,17,18). The van der Waals surface area contributed by atoms with E-state index in [-0.39, 0.29) is 18.4 Å². The van der Waals surface area contributed by atoms with Gasteiger partial charge in [-0.15, -0.1) is 0 Å². The summed E-state index contributed by atoms with van der Waals surface area (Å²) in [7, 11) is 0. The van der Waals surface area contributed by atoms with Gasteiger partial charge in [0.2, 0.25) is 5.91 Å². The highest BCUT2D eigenvalue weighted by molar-refractivity contribution is 5.77. The summed E-state index contributed by atoms with van der Waals surface area (Å²) in [6, 6.07) is 1.79. The van der Waals surface area contributed by atoms with E-state index in [0.717, 1.165) is 0 Å². The van der Waals surface area contributed by atoms with Crippen molar-refractivity contribution in [2.75, 3.05) is 6.54 Å². The Morgan fingerprint density at radius 1 is 1.44 bits per heavy atom. The van der Waals surface area contributed by atoms with Crippen LogP contribution in [0.5, 0.6) is 0 Å². The molecule has 0 bridgehead atoms. The Kier molecular flexibility index (Phi) is 5.35.